The molecule has 1 aromatic carbocycles. The molecule has 1 heterocycles. The summed E-state index contributed by atoms with van der Waals surface area (Å²) in [7, 11) is 0. The molecule has 152 valence electrons. The third-order valence-electron chi connectivity index (χ3n) is 4.36. The second kappa shape index (κ2) is 8.56. The van der Waals surface area contributed by atoms with Crippen molar-refractivity contribution < 1.29 is 32.5 Å². The second-order valence-electron chi connectivity index (χ2n) is 6.43. The third-order valence-corrected chi connectivity index (χ3v) is 4.64. The van der Waals surface area contributed by atoms with Crippen LogP contribution in [0.3, 0.4) is 0 Å². The van der Waals surface area contributed by atoms with Crippen LogP contribution in [-0.2, 0) is 0 Å². The van der Waals surface area contributed by atoms with Crippen LogP contribution in [0.2, 0.25) is 5.02 Å². The molecule has 5 nitrogen and oxygen atoms in total. The van der Waals surface area contributed by atoms with Crippen molar-refractivity contribution in [2.75, 3.05) is 26.3 Å². The molecule has 0 aliphatic carbocycles. The molecule has 0 bridgehead atoms. The first kappa shape index (κ1) is 21.6. The molecule has 1 saturated heterocycles. The molecular weight excluding hydrogens is 387 g/mol. The van der Waals surface area contributed by atoms with Crippen molar-refractivity contribution in [1.29, 1.82) is 0 Å². The molecule has 1 unspecified atom stereocenters. The molecule has 9 heteroatoms. The molecule has 1 atom stereocenters. The Morgan fingerprint density at radius 3 is 2.59 bits per heavy atom. The highest BCUT2D eigenvalue weighted by Crippen LogP contribution is 2.40. The van der Waals surface area contributed by atoms with Gasteiger partial charge in [0, 0.05) is 18.5 Å². The third kappa shape index (κ3) is 4.79. The minimum Gasteiger partial charge on any atom is -0.490 e. The lowest BCUT2D eigenvalue weighted by Gasteiger charge is -2.26. The molecule has 1 N–H and O–H groups in total. The average molecular weight is 410 g/mol. The Balaban J connectivity index is 2.24. The summed E-state index contributed by atoms with van der Waals surface area (Å²) in [6.45, 7) is 3.47. The van der Waals surface area contributed by atoms with E-state index < -0.39 is 30.7 Å². The average Bonchev–Trinajstić information content (AvgIpc) is 3.00. The predicted octanol–water partition coefficient (Wildman–Crippen LogP) is 4.06. The van der Waals surface area contributed by atoms with Crippen molar-refractivity contribution in [1.82, 2.24) is 4.90 Å². The summed E-state index contributed by atoms with van der Waals surface area (Å²) in [6.07, 6.45) is -3.62. The Kier molecular flexibility index (Phi) is 6.86. The molecule has 1 aliphatic heterocycles. The van der Waals surface area contributed by atoms with E-state index in [0.717, 1.165) is 17.7 Å². The highest BCUT2D eigenvalue weighted by molar-refractivity contribution is 6.32. The number of benzene rings is 1. The van der Waals surface area contributed by atoms with Crippen molar-refractivity contribution >= 4 is 17.5 Å². The van der Waals surface area contributed by atoms with Crippen LogP contribution in [0.25, 0.3) is 0 Å². The maximum absolute atomic E-state index is 13.0. The number of amides is 1. The summed E-state index contributed by atoms with van der Waals surface area (Å²) in [4.78, 5) is 13.6. The van der Waals surface area contributed by atoms with Crippen LogP contribution in [0.5, 0.6) is 11.5 Å². The number of likely N-dealkylation sites (tertiary alicyclic amines) is 1. The second-order valence-corrected chi connectivity index (χ2v) is 6.83. The van der Waals surface area contributed by atoms with E-state index in [1.54, 1.807) is 6.92 Å². The van der Waals surface area contributed by atoms with Gasteiger partial charge in [-0.05, 0) is 25.5 Å². The van der Waals surface area contributed by atoms with Crippen LogP contribution < -0.4 is 9.47 Å². The van der Waals surface area contributed by atoms with E-state index in [9.17, 15) is 23.1 Å². The molecule has 1 amide bonds. The molecule has 1 aromatic rings. The molecule has 0 radical (unpaired) electrons. The Labute approximate surface area is 161 Å². The molecule has 0 spiro atoms. The molecule has 27 heavy (non-hydrogen) atoms. The lowest BCUT2D eigenvalue weighted by molar-refractivity contribution is -0.253. The number of halogens is 4. The number of nitrogens with zero attached hydrogens (tertiary/aromatic N) is 1. The number of rotatable bonds is 7. The van der Waals surface area contributed by atoms with E-state index in [-0.39, 0.29) is 22.9 Å². The number of carbonyl (C=O) groups is 1. The predicted molar refractivity (Wildman–Crippen MR) is 94.5 cm³/mol. The highest BCUT2D eigenvalue weighted by atomic mass is 35.5. The number of unbranched alkanes of at least 4 members (excludes halogenated alkanes) is 1. The summed E-state index contributed by atoms with van der Waals surface area (Å²) in [5, 5.41) is 9.91. The van der Waals surface area contributed by atoms with Gasteiger partial charge in [0.05, 0.1) is 24.8 Å². The number of hydrogen-bond acceptors (Lipinski definition) is 4. The monoisotopic (exact) mass is 409 g/mol. The fraction of sp³-hybridized carbons (Fsp3) is 0.611. The van der Waals surface area contributed by atoms with E-state index in [2.05, 4.69) is 0 Å². The largest absolute Gasteiger partial charge is 0.490 e. The smallest absolute Gasteiger partial charge is 0.419 e. The zero-order valence-electron chi connectivity index (χ0n) is 15.2. The van der Waals surface area contributed by atoms with Gasteiger partial charge in [-0.25, -0.2) is 0 Å². The number of ether oxygens (including phenoxy) is 2. The van der Waals surface area contributed by atoms with Gasteiger partial charge in [0.2, 0.25) is 0 Å². The zero-order chi connectivity index (χ0) is 20.2. The Morgan fingerprint density at radius 2 is 2.04 bits per heavy atom. The van der Waals surface area contributed by atoms with Crippen LogP contribution in [0, 0.1) is 0 Å². The maximum Gasteiger partial charge on any atom is 0.419 e. The Hall–Kier alpha value is -1.67. The zero-order valence-corrected chi connectivity index (χ0v) is 16.0. The summed E-state index contributed by atoms with van der Waals surface area (Å²) in [5.41, 5.74) is -2.81. The van der Waals surface area contributed by atoms with Crippen LogP contribution >= 0.6 is 11.6 Å². The molecule has 0 saturated carbocycles. The van der Waals surface area contributed by atoms with Crippen LogP contribution in [0.15, 0.2) is 12.1 Å². The van der Waals surface area contributed by atoms with Crippen LogP contribution in [0.4, 0.5) is 13.2 Å². The number of hydrogen-bond donors (Lipinski definition) is 1. The standard InChI is InChI=1S/C18H23ClF3NO4/c1-3-5-8-27-15-13(19)9-12(10-14(15)26-4-2)16(24)23-7-6-17(25,11-23)18(20,21)22/h9-10,25H,3-8,11H2,1-2H3. The van der Waals surface area contributed by atoms with Crippen molar-refractivity contribution in [3.63, 3.8) is 0 Å². The molecular formula is C18H23ClF3NO4. The van der Waals surface area contributed by atoms with Gasteiger partial charge in [0.15, 0.2) is 17.1 Å². The van der Waals surface area contributed by atoms with Gasteiger partial charge in [-0.15, -0.1) is 0 Å². The van der Waals surface area contributed by atoms with Crippen molar-refractivity contribution in [3.8, 4) is 11.5 Å². The minimum atomic E-state index is -4.80. The lowest BCUT2D eigenvalue weighted by atomic mass is 10.0. The van der Waals surface area contributed by atoms with Crippen molar-refractivity contribution in [2.45, 2.75) is 44.9 Å². The van der Waals surface area contributed by atoms with Gasteiger partial charge in [-0.3, -0.25) is 4.79 Å². The minimum absolute atomic E-state index is 0.0812. The van der Waals surface area contributed by atoms with E-state index in [0.29, 0.717) is 19.0 Å². The number of β-amino-alcohol motifs (C(OH)–C–C–N with tert-alkyl or cyclic N) is 1. The molecule has 1 fully saturated rings. The first-order valence-corrected chi connectivity index (χ1v) is 9.18. The summed E-state index contributed by atoms with van der Waals surface area (Å²) < 4.78 is 50.0. The van der Waals surface area contributed by atoms with E-state index >= 15 is 0 Å². The summed E-state index contributed by atoms with van der Waals surface area (Å²) in [5.74, 6) is -0.0930. The van der Waals surface area contributed by atoms with Gasteiger partial charge in [-0.1, -0.05) is 24.9 Å². The van der Waals surface area contributed by atoms with Crippen molar-refractivity contribution in [2.24, 2.45) is 0 Å². The van der Waals surface area contributed by atoms with Gasteiger partial charge in [0.1, 0.15) is 0 Å². The van der Waals surface area contributed by atoms with Gasteiger partial charge >= 0.3 is 6.18 Å². The van der Waals surface area contributed by atoms with Gasteiger partial charge in [-0.2, -0.15) is 13.2 Å². The van der Waals surface area contributed by atoms with E-state index in [1.807, 2.05) is 6.92 Å². The molecule has 0 aromatic heterocycles. The maximum atomic E-state index is 13.0. The van der Waals surface area contributed by atoms with E-state index in [1.165, 1.54) is 12.1 Å². The SMILES string of the molecule is CCCCOc1c(Cl)cc(C(=O)N2CCC(O)(C(F)(F)F)C2)cc1OCC. The highest BCUT2D eigenvalue weighted by Gasteiger charge is 2.57. The van der Waals surface area contributed by atoms with Crippen LogP contribution in [-0.4, -0.2) is 54.0 Å². The fourth-order valence-electron chi connectivity index (χ4n) is 2.79. The normalized spacial score (nSPS) is 20.0. The van der Waals surface area contributed by atoms with E-state index in [4.69, 9.17) is 21.1 Å². The number of carbonyl (C=O) groups excluding carboxylic acids is 1. The topological polar surface area (TPSA) is 59.0 Å². The molecule has 2 rings (SSSR count). The fourth-order valence-corrected chi connectivity index (χ4v) is 3.06. The number of alkyl halides is 3. The van der Waals surface area contributed by atoms with Crippen molar-refractivity contribution in [3.05, 3.63) is 22.7 Å². The Bertz CT molecular complexity index is 683. The first-order valence-electron chi connectivity index (χ1n) is 8.80. The summed E-state index contributed by atoms with van der Waals surface area (Å²) in [6, 6.07) is 2.75. The molecule has 1 aliphatic rings. The summed E-state index contributed by atoms with van der Waals surface area (Å²) >= 11 is 6.22. The van der Waals surface area contributed by atoms with Gasteiger partial charge in [0.25, 0.3) is 5.91 Å². The Morgan fingerprint density at radius 1 is 1.33 bits per heavy atom. The number of aliphatic hydroxyl groups is 1. The quantitative estimate of drug-likeness (QED) is 0.690. The first-order chi connectivity index (χ1) is 12.6. The van der Waals surface area contributed by atoms with Crippen LogP contribution in [0.1, 0.15) is 43.5 Å². The lowest BCUT2D eigenvalue weighted by Crippen LogP contribution is -2.48. The van der Waals surface area contributed by atoms with Gasteiger partial charge < -0.3 is 19.5 Å².